The number of nitrogens with zero attached hydrogens (tertiary/aromatic N) is 5. The molecule has 4 rings (SSSR count). The van der Waals surface area contributed by atoms with Gasteiger partial charge in [-0.25, -0.2) is 9.36 Å². The Morgan fingerprint density at radius 3 is 2.44 bits per heavy atom. The van der Waals surface area contributed by atoms with Crippen LogP contribution in [0.3, 0.4) is 0 Å². The number of carbonyl (C=O) groups excluding carboxylic acids is 1. The molecule has 0 bridgehead atoms. The lowest BCUT2D eigenvalue weighted by atomic mass is 10.1. The molecule has 0 aliphatic heterocycles. The van der Waals surface area contributed by atoms with Crippen LogP contribution in [0, 0.1) is 24.0 Å². The number of benzene rings is 2. The highest BCUT2D eigenvalue weighted by Crippen LogP contribution is 2.24. The largest absolute Gasteiger partial charge is 0.324 e. The maximum atomic E-state index is 13.4. The molecule has 2 aromatic carbocycles. The van der Waals surface area contributed by atoms with Crippen LogP contribution in [-0.2, 0) is 11.3 Å². The van der Waals surface area contributed by atoms with Crippen molar-refractivity contribution in [2.75, 3.05) is 5.32 Å². The van der Waals surface area contributed by atoms with Crippen LogP contribution in [0.25, 0.3) is 16.6 Å². The molecule has 1 amide bonds. The van der Waals surface area contributed by atoms with Crippen molar-refractivity contribution in [3.05, 3.63) is 86.0 Å². The average molecular weight is 460 g/mol. The van der Waals surface area contributed by atoms with Crippen molar-refractivity contribution < 1.29 is 9.72 Å². The fraction of sp³-hybridized carbons (Fsp3) is 0.250. The summed E-state index contributed by atoms with van der Waals surface area (Å²) in [7, 11) is 0. The standard InChI is InChI=1S/C24H24N6O4/c1-14(2)22-20-12-25-29(19-8-5-15(3)16(4)11-19)23(20)24(32)28(27-22)13-21(31)26-17-6-9-18(10-7-17)30(33)34/h5-12,14H,13H2,1-4H3,(H,26,31). The number of fused-ring (bicyclic) bond motifs is 1. The van der Waals surface area contributed by atoms with E-state index in [1.807, 2.05) is 45.9 Å². The minimum Gasteiger partial charge on any atom is -0.324 e. The number of amides is 1. The molecule has 2 aromatic heterocycles. The number of nitrogens with one attached hydrogen (secondary N) is 1. The van der Waals surface area contributed by atoms with E-state index in [0.717, 1.165) is 21.5 Å². The third-order valence-electron chi connectivity index (χ3n) is 5.65. The molecule has 0 radical (unpaired) electrons. The fourth-order valence-electron chi connectivity index (χ4n) is 3.68. The summed E-state index contributed by atoms with van der Waals surface area (Å²) >= 11 is 0. The van der Waals surface area contributed by atoms with Crippen molar-refractivity contribution in [3.8, 4) is 5.69 Å². The minimum atomic E-state index is -0.517. The van der Waals surface area contributed by atoms with Gasteiger partial charge in [-0.3, -0.25) is 19.7 Å². The van der Waals surface area contributed by atoms with E-state index in [1.54, 1.807) is 10.9 Å². The van der Waals surface area contributed by atoms with Crippen LogP contribution in [0.5, 0.6) is 0 Å². The molecule has 0 spiro atoms. The molecule has 34 heavy (non-hydrogen) atoms. The normalized spacial score (nSPS) is 11.2. The molecule has 4 aromatic rings. The Morgan fingerprint density at radius 2 is 1.82 bits per heavy atom. The number of rotatable bonds is 6. The Morgan fingerprint density at radius 1 is 1.12 bits per heavy atom. The molecule has 0 aliphatic carbocycles. The molecule has 0 atom stereocenters. The van der Waals surface area contributed by atoms with Gasteiger partial charge in [-0.2, -0.15) is 10.2 Å². The van der Waals surface area contributed by atoms with Gasteiger partial charge < -0.3 is 5.32 Å². The lowest BCUT2D eigenvalue weighted by molar-refractivity contribution is -0.384. The third kappa shape index (κ3) is 4.29. The summed E-state index contributed by atoms with van der Waals surface area (Å²) in [6.45, 7) is 7.61. The second kappa shape index (κ2) is 8.89. The first-order chi connectivity index (χ1) is 16.2. The zero-order valence-corrected chi connectivity index (χ0v) is 19.3. The van der Waals surface area contributed by atoms with E-state index in [2.05, 4.69) is 15.5 Å². The summed E-state index contributed by atoms with van der Waals surface area (Å²) in [6.07, 6.45) is 1.63. The van der Waals surface area contributed by atoms with Gasteiger partial charge in [-0.1, -0.05) is 19.9 Å². The highest BCUT2D eigenvalue weighted by atomic mass is 16.6. The SMILES string of the molecule is Cc1ccc(-n2ncc3c(C(C)C)nn(CC(=O)Nc4ccc([N+](=O)[O-])cc4)c(=O)c32)cc1C. The summed E-state index contributed by atoms with van der Waals surface area (Å²) < 4.78 is 2.72. The van der Waals surface area contributed by atoms with Crippen LogP contribution in [0.2, 0.25) is 0 Å². The van der Waals surface area contributed by atoms with Crippen LogP contribution in [-0.4, -0.2) is 30.4 Å². The predicted octanol–water partition coefficient (Wildman–Crippen LogP) is 3.87. The third-order valence-corrected chi connectivity index (χ3v) is 5.65. The highest BCUT2D eigenvalue weighted by Gasteiger charge is 2.20. The summed E-state index contributed by atoms with van der Waals surface area (Å²) in [5.41, 5.74) is 3.83. The van der Waals surface area contributed by atoms with Gasteiger partial charge in [0.2, 0.25) is 5.91 Å². The summed E-state index contributed by atoms with van der Waals surface area (Å²) in [5, 5.41) is 23.0. The first-order valence-electron chi connectivity index (χ1n) is 10.8. The van der Waals surface area contributed by atoms with Crippen molar-refractivity contribution in [3.63, 3.8) is 0 Å². The Kier molecular flexibility index (Phi) is 5.97. The van der Waals surface area contributed by atoms with Gasteiger partial charge in [0.1, 0.15) is 12.1 Å². The second-order valence-electron chi connectivity index (χ2n) is 8.44. The van der Waals surface area contributed by atoms with Crippen molar-refractivity contribution in [1.29, 1.82) is 0 Å². The molecule has 2 heterocycles. The van der Waals surface area contributed by atoms with Gasteiger partial charge in [-0.05, 0) is 55.2 Å². The number of nitro benzene ring substituents is 1. The first-order valence-corrected chi connectivity index (χ1v) is 10.8. The van der Waals surface area contributed by atoms with E-state index in [0.29, 0.717) is 22.3 Å². The van der Waals surface area contributed by atoms with E-state index < -0.39 is 16.4 Å². The topological polar surface area (TPSA) is 125 Å². The number of non-ortho nitro benzene ring substituents is 1. The van der Waals surface area contributed by atoms with Crippen LogP contribution in [0.4, 0.5) is 11.4 Å². The Labute approximate surface area is 195 Å². The van der Waals surface area contributed by atoms with Crippen LogP contribution in [0.15, 0.2) is 53.5 Å². The number of hydrogen-bond donors (Lipinski definition) is 1. The molecule has 0 aliphatic rings. The van der Waals surface area contributed by atoms with E-state index in [-0.39, 0.29) is 18.2 Å². The van der Waals surface area contributed by atoms with E-state index >= 15 is 0 Å². The Hall–Kier alpha value is -4.34. The monoisotopic (exact) mass is 460 g/mol. The number of nitro groups is 1. The number of hydrogen-bond acceptors (Lipinski definition) is 6. The van der Waals surface area contributed by atoms with E-state index in [1.165, 1.54) is 24.3 Å². The maximum Gasteiger partial charge on any atom is 0.293 e. The number of anilines is 1. The molecule has 0 unspecified atom stereocenters. The Bertz CT molecular complexity index is 1470. The molecule has 0 saturated carbocycles. The molecular formula is C24H24N6O4. The van der Waals surface area contributed by atoms with Crippen molar-refractivity contribution in [2.24, 2.45) is 0 Å². The lowest BCUT2D eigenvalue weighted by Gasteiger charge is -2.13. The average Bonchev–Trinajstić information content (AvgIpc) is 3.23. The van der Waals surface area contributed by atoms with Gasteiger partial charge in [0, 0.05) is 23.2 Å². The lowest BCUT2D eigenvalue weighted by Crippen LogP contribution is -2.31. The van der Waals surface area contributed by atoms with Gasteiger partial charge in [0.15, 0.2) is 0 Å². The molecule has 10 heteroatoms. The van der Waals surface area contributed by atoms with E-state index in [9.17, 15) is 19.7 Å². The smallest absolute Gasteiger partial charge is 0.293 e. The van der Waals surface area contributed by atoms with Gasteiger partial charge in [0.25, 0.3) is 11.2 Å². The molecule has 1 N–H and O–H groups in total. The van der Waals surface area contributed by atoms with Crippen molar-refractivity contribution >= 4 is 28.2 Å². The zero-order chi connectivity index (χ0) is 24.6. The first kappa shape index (κ1) is 22.8. The number of carbonyl (C=O) groups is 1. The highest BCUT2D eigenvalue weighted by molar-refractivity contribution is 5.91. The number of aromatic nitrogens is 4. The number of aryl methyl sites for hydroxylation is 2. The predicted molar refractivity (Wildman–Crippen MR) is 128 cm³/mol. The molecule has 10 nitrogen and oxygen atoms in total. The molecular weight excluding hydrogens is 436 g/mol. The van der Waals surface area contributed by atoms with E-state index in [4.69, 9.17) is 0 Å². The van der Waals surface area contributed by atoms with Gasteiger partial charge in [-0.15, -0.1) is 0 Å². The summed E-state index contributed by atoms with van der Waals surface area (Å²) in [5.74, 6) is -0.487. The van der Waals surface area contributed by atoms with Gasteiger partial charge >= 0.3 is 0 Å². The summed E-state index contributed by atoms with van der Waals surface area (Å²) in [4.78, 5) is 36.4. The van der Waals surface area contributed by atoms with Crippen LogP contribution in [0.1, 0.15) is 36.6 Å². The maximum absolute atomic E-state index is 13.4. The minimum absolute atomic E-state index is 0.00973. The van der Waals surface area contributed by atoms with Crippen molar-refractivity contribution in [2.45, 2.75) is 40.2 Å². The fourth-order valence-corrected chi connectivity index (χ4v) is 3.68. The second-order valence-corrected chi connectivity index (χ2v) is 8.44. The van der Waals surface area contributed by atoms with Crippen LogP contribution >= 0.6 is 0 Å². The van der Waals surface area contributed by atoms with Crippen LogP contribution < -0.4 is 10.9 Å². The van der Waals surface area contributed by atoms with Gasteiger partial charge in [0.05, 0.1) is 22.5 Å². The zero-order valence-electron chi connectivity index (χ0n) is 19.3. The molecule has 0 saturated heterocycles. The quantitative estimate of drug-likeness (QED) is 0.344. The summed E-state index contributed by atoms with van der Waals surface area (Å²) in [6, 6.07) is 11.3. The Balaban J connectivity index is 1.73. The molecule has 0 fully saturated rings. The molecule has 174 valence electrons. The van der Waals surface area contributed by atoms with Crippen molar-refractivity contribution in [1.82, 2.24) is 19.6 Å².